The highest BCUT2D eigenvalue weighted by atomic mass is 35.5. The van der Waals surface area contributed by atoms with Crippen molar-refractivity contribution in [2.75, 3.05) is 18.8 Å². The van der Waals surface area contributed by atoms with Gasteiger partial charge in [0, 0.05) is 24.3 Å². The third-order valence-corrected chi connectivity index (χ3v) is 6.97. The van der Waals surface area contributed by atoms with Crippen LogP contribution in [0, 0.1) is 0 Å². The second-order valence-electron chi connectivity index (χ2n) is 7.49. The van der Waals surface area contributed by atoms with Gasteiger partial charge in [0.2, 0.25) is 5.91 Å². The summed E-state index contributed by atoms with van der Waals surface area (Å²) < 4.78 is 31.4. The SMILES string of the molecule is O=C(CSc1ncc(-c2ccc(Cl)c(Cl)c2)n1-c1ccc(OC(F)F)cc1)N1CCCCC1. The number of carbonyl (C=O) groups excluding carboxylic acids is 1. The molecule has 0 spiro atoms. The van der Waals surface area contributed by atoms with Crippen LogP contribution in [-0.2, 0) is 4.79 Å². The normalized spacial score (nSPS) is 14.0. The highest BCUT2D eigenvalue weighted by Crippen LogP contribution is 2.34. The maximum absolute atomic E-state index is 12.7. The number of hydrogen-bond acceptors (Lipinski definition) is 4. The van der Waals surface area contributed by atoms with E-state index >= 15 is 0 Å². The van der Waals surface area contributed by atoms with Crippen molar-refractivity contribution >= 4 is 40.9 Å². The van der Waals surface area contributed by atoms with E-state index in [9.17, 15) is 13.6 Å². The van der Waals surface area contributed by atoms with E-state index in [1.54, 1.807) is 30.5 Å². The molecule has 0 aliphatic carbocycles. The van der Waals surface area contributed by atoms with E-state index in [2.05, 4.69) is 9.72 Å². The zero-order valence-corrected chi connectivity index (χ0v) is 19.8. The minimum absolute atomic E-state index is 0.0550. The van der Waals surface area contributed by atoms with Crippen molar-refractivity contribution in [2.24, 2.45) is 0 Å². The maximum Gasteiger partial charge on any atom is 0.387 e. The Hall–Kier alpha value is -2.29. The summed E-state index contributed by atoms with van der Waals surface area (Å²) in [7, 11) is 0. The summed E-state index contributed by atoms with van der Waals surface area (Å²) >= 11 is 13.6. The summed E-state index contributed by atoms with van der Waals surface area (Å²) in [6, 6.07) is 11.5. The zero-order valence-electron chi connectivity index (χ0n) is 17.5. The zero-order chi connectivity index (χ0) is 23.4. The van der Waals surface area contributed by atoms with E-state index in [1.807, 2.05) is 15.5 Å². The van der Waals surface area contributed by atoms with Crippen LogP contribution in [0.1, 0.15) is 19.3 Å². The number of amides is 1. The third-order valence-electron chi connectivity index (χ3n) is 5.30. The Morgan fingerprint density at radius 1 is 1.06 bits per heavy atom. The Labute approximate surface area is 204 Å². The second-order valence-corrected chi connectivity index (χ2v) is 9.25. The summed E-state index contributed by atoms with van der Waals surface area (Å²) in [5, 5.41) is 1.43. The van der Waals surface area contributed by atoms with Crippen LogP contribution in [0.4, 0.5) is 8.78 Å². The quantitative estimate of drug-likeness (QED) is 0.337. The summed E-state index contributed by atoms with van der Waals surface area (Å²) in [5.74, 6) is 0.384. The van der Waals surface area contributed by atoms with E-state index < -0.39 is 6.61 Å². The molecule has 0 N–H and O–H groups in total. The summed E-state index contributed by atoms with van der Waals surface area (Å²) in [6.07, 6.45) is 4.90. The predicted octanol–water partition coefficient (Wildman–Crippen LogP) is 6.55. The van der Waals surface area contributed by atoms with E-state index in [1.165, 1.54) is 23.9 Å². The van der Waals surface area contributed by atoms with Gasteiger partial charge >= 0.3 is 6.61 Å². The largest absolute Gasteiger partial charge is 0.435 e. The lowest BCUT2D eigenvalue weighted by atomic mass is 10.1. The van der Waals surface area contributed by atoms with Gasteiger partial charge in [0.1, 0.15) is 5.75 Å². The van der Waals surface area contributed by atoms with Gasteiger partial charge in [-0.3, -0.25) is 9.36 Å². The number of thioether (sulfide) groups is 1. The Balaban J connectivity index is 1.65. The van der Waals surface area contributed by atoms with Gasteiger partial charge in [0.05, 0.1) is 27.7 Å². The van der Waals surface area contributed by atoms with Gasteiger partial charge in [-0.05, 0) is 55.7 Å². The fourth-order valence-corrected chi connectivity index (χ4v) is 4.88. The van der Waals surface area contributed by atoms with Gasteiger partial charge in [0.25, 0.3) is 0 Å². The average molecular weight is 512 g/mol. The predicted molar refractivity (Wildman–Crippen MR) is 127 cm³/mol. The fourth-order valence-electron chi connectivity index (χ4n) is 3.68. The van der Waals surface area contributed by atoms with Gasteiger partial charge in [-0.15, -0.1) is 0 Å². The first-order valence-electron chi connectivity index (χ1n) is 10.4. The van der Waals surface area contributed by atoms with E-state index in [4.69, 9.17) is 23.2 Å². The van der Waals surface area contributed by atoms with Gasteiger partial charge in [-0.25, -0.2) is 4.98 Å². The number of benzene rings is 2. The van der Waals surface area contributed by atoms with E-state index in [0.29, 0.717) is 20.9 Å². The molecule has 1 aromatic heterocycles. The highest BCUT2D eigenvalue weighted by molar-refractivity contribution is 7.99. The van der Waals surface area contributed by atoms with Crippen LogP contribution >= 0.6 is 35.0 Å². The third kappa shape index (κ3) is 5.80. The van der Waals surface area contributed by atoms with Crippen LogP contribution in [0.3, 0.4) is 0 Å². The van der Waals surface area contributed by atoms with Crippen molar-refractivity contribution in [2.45, 2.75) is 31.0 Å². The lowest BCUT2D eigenvalue weighted by Gasteiger charge is -2.26. The number of hydrogen-bond donors (Lipinski definition) is 0. The molecule has 5 nitrogen and oxygen atoms in total. The number of rotatable bonds is 7. The molecule has 0 saturated carbocycles. The molecule has 0 radical (unpaired) electrons. The van der Waals surface area contributed by atoms with Gasteiger partial charge in [-0.2, -0.15) is 8.78 Å². The topological polar surface area (TPSA) is 47.4 Å². The molecule has 2 aromatic carbocycles. The average Bonchev–Trinajstić information content (AvgIpc) is 3.24. The molecule has 0 bridgehead atoms. The van der Waals surface area contributed by atoms with Crippen molar-refractivity contribution in [3.63, 3.8) is 0 Å². The first-order valence-corrected chi connectivity index (χ1v) is 12.2. The smallest absolute Gasteiger partial charge is 0.387 e. The van der Waals surface area contributed by atoms with Crippen molar-refractivity contribution in [1.29, 1.82) is 0 Å². The first-order chi connectivity index (χ1) is 15.9. The number of likely N-dealkylation sites (tertiary alicyclic amines) is 1. The molecule has 1 amide bonds. The summed E-state index contributed by atoms with van der Waals surface area (Å²) in [6.45, 7) is -1.33. The second kappa shape index (κ2) is 10.8. The van der Waals surface area contributed by atoms with Crippen LogP contribution in [0.5, 0.6) is 5.75 Å². The molecule has 3 aromatic rings. The molecule has 0 atom stereocenters. The Kier molecular flexibility index (Phi) is 7.78. The lowest BCUT2D eigenvalue weighted by molar-refractivity contribution is -0.129. The van der Waals surface area contributed by atoms with Crippen molar-refractivity contribution in [3.05, 3.63) is 58.7 Å². The molecule has 0 unspecified atom stereocenters. The minimum Gasteiger partial charge on any atom is -0.435 e. The number of imidazole rings is 1. The first kappa shape index (κ1) is 23.9. The number of carbonyl (C=O) groups is 1. The Morgan fingerprint density at radius 2 is 1.79 bits per heavy atom. The highest BCUT2D eigenvalue weighted by Gasteiger charge is 2.20. The van der Waals surface area contributed by atoms with Gasteiger partial charge in [0.15, 0.2) is 5.16 Å². The van der Waals surface area contributed by atoms with Crippen molar-refractivity contribution < 1.29 is 18.3 Å². The monoisotopic (exact) mass is 511 g/mol. The Bertz CT molecular complexity index is 1120. The molecule has 2 heterocycles. The number of ether oxygens (including phenoxy) is 1. The fraction of sp³-hybridized carbons (Fsp3) is 0.304. The maximum atomic E-state index is 12.7. The Morgan fingerprint density at radius 3 is 2.45 bits per heavy atom. The summed E-state index contributed by atoms with van der Waals surface area (Å²) in [5.41, 5.74) is 2.19. The molecule has 1 fully saturated rings. The standard InChI is InChI=1S/C23H21Cl2F2N3O2S/c24-18-9-4-15(12-19(18)25)20-13-28-23(33-14-21(31)29-10-2-1-3-11-29)30(20)16-5-7-17(8-6-16)32-22(26)27/h4-9,12-13,22H,1-3,10-11,14H2. The minimum atomic E-state index is -2.90. The van der Waals surface area contributed by atoms with E-state index in [0.717, 1.165) is 43.6 Å². The number of halogens is 4. The van der Waals surface area contributed by atoms with Crippen LogP contribution in [0.15, 0.2) is 53.8 Å². The number of nitrogens with zero attached hydrogens (tertiary/aromatic N) is 3. The van der Waals surface area contributed by atoms with Crippen LogP contribution in [-0.4, -0.2) is 45.8 Å². The molecule has 1 aliphatic rings. The van der Waals surface area contributed by atoms with Crippen LogP contribution in [0.2, 0.25) is 10.0 Å². The molecule has 1 aliphatic heterocycles. The van der Waals surface area contributed by atoms with Crippen LogP contribution < -0.4 is 4.74 Å². The van der Waals surface area contributed by atoms with Crippen molar-refractivity contribution in [1.82, 2.24) is 14.5 Å². The van der Waals surface area contributed by atoms with Gasteiger partial charge in [-0.1, -0.05) is 41.0 Å². The summed E-state index contributed by atoms with van der Waals surface area (Å²) in [4.78, 5) is 19.1. The molecular formula is C23H21Cl2F2N3O2S. The van der Waals surface area contributed by atoms with Gasteiger partial charge < -0.3 is 9.64 Å². The number of piperidine rings is 1. The van der Waals surface area contributed by atoms with Crippen LogP contribution in [0.25, 0.3) is 16.9 Å². The molecule has 33 heavy (non-hydrogen) atoms. The number of aromatic nitrogens is 2. The van der Waals surface area contributed by atoms with Crippen molar-refractivity contribution in [3.8, 4) is 22.7 Å². The molecule has 174 valence electrons. The lowest BCUT2D eigenvalue weighted by Crippen LogP contribution is -2.36. The van der Waals surface area contributed by atoms with E-state index in [-0.39, 0.29) is 17.4 Å². The number of alkyl halides is 2. The molecule has 1 saturated heterocycles. The molecule has 4 rings (SSSR count). The molecular weight excluding hydrogens is 491 g/mol. The molecule has 10 heteroatoms.